The predicted octanol–water partition coefficient (Wildman–Crippen LogP) is -0.530. The topological polar surface area (TPSA) is 74.5 Å². The van der Waals surface area contributed by atoms with Crippen LogP contribution in [0, 0.1) is 0 Å². The summed E-state index contributed by atoms with van der Waals surface area (Å²) in [4.78, 5) is 14.9. The van der Waals surface area contributed by atoms with Crippen LogP contribution in [-0.2, 0) is 6.54 Å². The summed E-state index contributed by atoms with van der Waals surface area (Å²) in [6.45, 7) is 3.42. The van der Waals surface area contributed by atoms with Crippen LogP contribution in [0.5, 0.6) is 0 Å². The van der Waals surface area contributed by atoms with E-state index in [1.165, 1.54) is 6.20 Å². The van der Waals surface area contributed by atoms with Crippen molar-refractivity contribution in [3.8, 4) is 0 Å². The first-order valence-electron chi connectivity index (χ1n) is 5.45. The van der Waals surface area contributed by atoms with Gasteiger partial charge in [-0.2, -0.15) is 0 Å². The second kappa shape index (κ2) is 6.31. The van der Waals surface area contributed by atoms with E-state index in [1.54, 1.807) is 4.68 Å². The monoisotopic (exact) mass is 241 g/mol. The predicted molar refractivity (Wildman–Crippen MR) is 63.0 cm³/mol. The molecule has 0 fully saturated rings. The van der Waals surface area contributed by atoms with E-state index in [9.17, 15) is 4.79 Å². The highest BCUT2D eigenvalue weighted by molar-refractivity contribution is 5.84. The van der Waals surface area contributed by atoms with Crippen molar-refractivity contribution in [3.63, 3.8) is 0 Å². The number of carboxylic acids is 1. The zero-order chi connectivity index (χ0) is 12.8. The minimum absolute atomic E-state index is 0.0130. The van der Waals surface area contributed by atoms with Gasteiger partial charge in [-0.3, -0.25) is 4.68 Å². The fourth-order valence-corrected chi connectivity index (χ4v) is 1.26. The molecule has 0 spiro atoms. The van der Waals surface area contributed by atoms with Gasteiger partial charge in [0.15, 0.2) is 5.69 Å². The SMILES string of the molecule is CN(C)CCN(C)CCn1cc(C(=O)O)nn1. The van der Waals surface area contributed by atoms with E-state index in [0.717, 1.165) is 19.6 Å². The van der Waals surface area contributed by atoms with Gasteiger partial charge >= 0.3 is 5.97 Å². The van der Waals surface area contributed by atoms with Crippen LogP contribution in [0.4, 0.5) is 0 Å². The molecule has 0 unspecified atom stereocenters. The first kappa shape index (κ1) is 13.6. The van der Waals surface area contributed by atoms with Crippen LogP contribution < -0.4 is 0 Å². The summed E-state index contributed by atoms with van der Waals surface area (Å²) in [5.41, 5.74) is -0.0130. The maximum absolute atomic E-state index is 10.6. The molecule has 0 amide bonds. The van der Waals surface area contributed by atoms with Crippen LogP contribution >= 0.6 is 0 Å². The maximum atomic E-state index is 10.6. The van der Waals surface area contributed by atoms with Crippen LogP contribution in [0.15, 0.2) is 6.20 Å². The van der Waals surface area contributed by atoms with Crippen LogP contribution in [0.2, 0.25) is 0 Å². The molecule has 0 aliphatic carbocycles. The van der Waals surface area contributed by atoms with E-state index in [0.29, 0.717) is 6.54 Å². The standard InChI is InChI=1S/C10H19N5O2/c1-13(2)4-5-14(3)6-7-15-8-9(10(16)17)11-12-15/h8H,4-7H2,1-3H3,(H,16,17). The number of nitrogens with zero attached hydrogens (tertiary/aromatic N) is 5. The maximum Gasteiger partial charge on any atom is 0.358 e. The molecule has 1 heterocycles. The molecule has 7 nitrogen and oxygen atoms in total. The molecule has 1 rings (SSSR count). The number of hydrogen-bond acceptors (Lipinski definition) is 5. The Hall–Kier alpha value is -1.47. The fraction of sp³-hybridized carbons (Fsp3) is 0.700. The van der Waals surface area contributed by atoms with Crippen molar-refractivity contribution >= 4 is 5.97 Å². The molecule has 17 heavy (non-hydrogen) atoms. The number of aromatic carboxylic acids is 1. The Balaban J connectivity index is 2.31. The molecule has 1 N–H and O–H groups in total. The molecule has 7 heteroatoms. The average molecular weight is 241 g/mol. The largest absolute Gasteiger partial charge is 0.476 e. The van der Waals surface area contributed by atoms with E-state index < -0.39 is 5.97 Å². The zero-order valence-electron chi connectivity index (χ0n) is 10.5. The highest BCUT2D eigenvalue weighted by Crippen LogP contribution is 1.93. The molecule has 0 saturated heterocycles. The van der Waals surface area contributed by atoms with Crippen molar-refractivity contribution in [1.29, 1.82) is 0 Å². The molecule has 1 aromatic rings. The molecule has 0 aromatic carbocycles. The molecule has 0 radical (unpaired) electrons. The number of aromatic nitrogens is 3. The molecule has 0 bridgehead atoms. The summed E-state index contributed by atoms with van der Waals surface area (Å²) in [5.74, 6) is -1.04. The molecular formula is C10H19N5O2. The van der Waals surface area contributed by atoms with Gasteiger partial charge in [-0.15, -0.1) is 5.10 Å². The van der Waals surface area contributed by atoms with Crippen molar-refractivity contribution in [1.82, 2.24) is 24.8 Å². The van der Waals surface area contributed by atoms with Gasteiger partial charge in [0, 0.05) is 19.6 Å². The van der Waals surface area contributed by atoms with Gasteiger partial charge in [0.1, 0.15) is 0 Å². The first-order chi connectivity index (χ1) is 7.99. The van der Waals surface area contributed by atoms with Crippen molar-refractivity contribution in [2.75, 3.05) is 40.8 Å². The number of hydrogen-bond donors (Lipinski definition) is 1. The Labute approximate surface area is 101 Å². The van der Waals surface area contributed by atoms with Crippen molar-refractivity contribution in [2.24, 2.45) is 0 Å². The van der Waals surface area contributed by atoms with Crippen LogP contribution in [0.1, 0.15) is 10.5 Å². The van der Waals surface area contributed by atoms with E-state index in [1.807, 2.05) is 21.1 Å². The highest BCUT2D eigenvalue weighted by atomic mass is 16.4. The van der Waals surface area contributed by atoms with E-state index in [4.69, 9.17) is 5.11 Å². The van der Waals surface area contributed by atoms with Crippen LogP contribution in [0.25, 0.3) is 0 Å². The quantitative estimate of drug-likeness (QED) is 0.691. The van der Waals surface area contributed by atoms with Crippen molar-refractivity contribution in [3.05, 3.63) is 11.9 Å². The number of likely N-dealkylation sites (N-methyl/N-ethyl adjacent to an activating group) is 2. The minimum atomic E-state index is -1.04. The number of rotatable bonds is 7. The average Bonchev–Trinajstić information content (AvgIpc) is 2.72. The molecule has 0 saturated carbocycles. The Morgan fingerprint density at radius 1 is 1.35 bits per heavy atom. The molecule has 0 aliphatic rings. The molecular weight excluding hydrogens is 222 g/mol. The third-order valence-electron chi connectivity index (χ3n) is 2.40. The Morgan fingerprint density at radius 2 is 2.06 bits per heavy atom. The summed E-state index contributed by atoms with van der Waals surface area (Å²) in [6.07, 6.45) is 1.45. The highest BCUT2D eigenvalue weighted by Gasteiger charge is 2.08. The van der Waals surface area contributed by atoms with E-state index >= 15 is 0 Å². The summed E-state index contributed by atoms with van der Waals surface area (Å²) >= 11 is 0. The van der Waals surface area contributed by atoms with Gasteiger partial charge < -0.3 is 14.9 Å². The Kier molecular flexibility index (Phi) is 5.05. The number of carboxylic acid groups (broad SMARTS) is 1. The van der Waals surface area contributed by atoms with Gasteiger partial charge in [-0.1, -0.05) is 5.21 Å². The number of carbonyl (C=O) groups is 1. The van der Waals surface area contributed by atoms with E-state index in [-0.39, 0.29) is 5.69 Å². The second-order valence-electron chi connectivity index (χ2n) is 4.28. The summed E-state index contributed by atoms with van der Waals surface area (Å²) in [6, 6.07) is 0. The van der Waals surface area contributed by atoms with Crippen molar-refractivity contribution in [2.45, 2.75) is 6.54 Å². The Bertz CT molecular complexity index is 363. The van der Waals surface area contributed by atoms with Gasteiger partial charge in [0.2, 0.25) is 0 Å². The van der Waals surface area contributed by atoms with Gasteiger partial charge in [0.05, 0.1) is 12.7 Å². The van der Waals surface area contributed by atoms with Gasteiger partial charge in [-0.05, 0) is 21.1 Å². The van der Waals surface area contributed by atoms with Crippen molar-refractivity contribution < 1.29 is 9.90 Å². The van der Waals surface area contributed by atoms with Crippen LogP contribution in [0.3, 0.4) is 0 Å². The third kappa shape index (κ3) is 4.92. The summed E-state index contributed by atoms with van der Waals surface area (Å²) in [5, 5.41) is 16.0. The first-order valence-corrected chi connectivity index (χ1v) is 5.45. The Morgan fingerprint density at radius 3 is 2.59 bits per heavy atom. The molecule has 1 aromatic heterocycles. The lowest BCUT2D eigenvalue weighted by Crippen LogP contribution is -2.31. The zero-order valence-corrected chi connectivity index (χ0v) is 10.5. The summed E-state index contributed by atoms with van der Waals surface area (Å²) in [7, 11) is 6.09. The smallest absolute Gasteiger partial charge is 0.358 e. The second-order valence-corrected chi connectivity index (χ2v) is 4.28. The van der Waals surface area contributed by atoms with Gasteiger partial charge in [-0.25, -0.2) is 4.79 Å². The lowest BCUT2D eigenvalue weighted by molar-refractivity contribution is 0.0690. The lowest BCUT2D eigenvalue weighted by atomic mass is 10.4. The molecule has 0 aliphatic heterocycles. The summed E-state index contributed by atoms with van der Waals surface area (Å²) < 4.78 is 1.55. The fourth-order valence-electron chi connectivity index (χ4n) is 1.26. The third-order valence-corrected chi connectivity index (χ3v) is 2.40. The normalized spacial score (nSPS) is 11.4. The lowest BCUT2D eigenvalue weighted by Gasteiger charge is -2.18. The van der Waals surface area contributed by atoms with E-state index in [2.05, 4.69) is 20.1 Å². The molecule has 0 atom stereocenters. The van der Waals surface area contributed by atoms with Crippen LogP contribution in [-0.4, -0.2) is 76.6 Å². The van der Waals surface area contributed by atoms with Gasteiger partial charge in [0.25, 0.3) is 0 Å². The minimum Gasteiger partial charge on any atom is -0.476 e. The molecule has 96 valence electrons.